The Balaban J connectivity index is 2.48. The Morgan fingerprint density at radius 3 is 2.53 bits per heavy atom. The van der Waals surface area contributed by atoms with Crippen molar-refractivity contribution in [1.82, 2.24) is 10.2 Å². The molecule has 0 aliphatic rings. The zero-order valence-electron chi connectivity index (χ0n) is 9.12. The van der Waals surface area contributed by atoms with Crippen molar-refractivity contribution in [3.63, 3.8) is 0 Å². The Morgan fingerprint density at radius 1 is 1.18 bits per heavy atom. The van der Waals surface area contributed by atoms with Gasteiger partial charge >= 0.3 is 0 Å². The maximum absolute atomic E-state index is 10.9. The minimum absolute atomic E-state index is 0.0269. The molecule has 1 aromatic heterocycles. The van der Waals surface area contributed by atoms with Gasteiger partial charge in [-0.2, -0.15) is 0 Å². The quantitative estimate of drug-likeness (QED) is 0.645. The minimum atomic E-state index is -0.428. The molecule has 1 heterocycles. The lowest BCUT2D eigenvalue weighted by Gasteiger charge is -2.02. The van der Waals surface area contributed by atoms with E-state index in [2.05, 4.69) is 15.5 Å². The molecule has 2 aromatic rings. The average Bonchev–Trinajstić information content (AvgIpc) is 2.39. The predicted molar refractivity (Wildman–Crippen MR) is 63.7 cm³/mol. The second-order valence-corrected chi connectivity index (χ2v) is 3.33. The molecule has 0 saturated heterocycles. The maximum Gasteiger partial charge on any atom is 0.278 e. The van der Waals surface area contributed by atoms with Gasteiger partial charge < -0.3 is 5.32 Å². The lowest BCUT2D eigenvalue weighted by Crippen LogP contribution is -1.97. The predicted octanol–water partition coefficient (Wildman–Crippen LogP) is 2.09. The fourth-order valence-corrected chi connectivity index (χ4v) is 1.46. The van der Waals surface area contributed by atoms with E-state index >= 15 is 0 Å². The topological polar surface area (TPSA) is 81.0 Å². The fourth-order valence-electron chi connectivity index (χ4n) is 1.46. The monoisotopic (exact) mass is 230 g/mol. The third-order valence-corrected chi connectivity index (χ3v) is 2.30. The molecule has 6 heteroatoms. The summed E-state index contributed by atoms with van der Waals surface area (Å²) in [7, 11) is 1.73. The fraction of sp³-hybridized carbons (Fsp3) is 0.0909. The summed E-state index contributed by atoms with van der Waals surface area (Å²) in [6.45, 7) is 0. The van der Waals surface area contributed by atoms with Crippen LogP contribution in [0.15, 0.2) is 36.4 Å². The molecule has 0 spiro atoms. The summed E-state index contributed by atoms with van der Waals surface area (Å²) < 4.78 is 0. The van der Waals surface area contributed by atoms with E-state index in [0.29, 0.717) is 17.1 Å². The largest absolute Gasteiger partial charge is 0.372 e. The highest BCUT2D eigenvalue weighted by Crippen LogP contribution is 2.27. The molecular weight excluding hydrogens is 220 g/mol. The van der Waals surface area contributed by atoms with E-state index in [-0.39, 0.29) is 5.69 Å². The Bertz CT molecular complexity index is 539. The number of nitrogens with zero attached hydrogens (tertiary/aromatic N) is 3. The van der Waals surface area contributed by atoms with Crippen LogP contribution in [0.1, 0.15) is 0 Å². The zero-order chi connectivity index (χ0) is 12.3. The molecule has 1 N–H and O–H groups in total. The van der Waals surface area contributed by atoms with Crippen molar-refractivity contribution in [3.05, 3.63) is 46.5 Å². The van der Waals surface area contributed by atoms with Gasteiger partial charge in [0.25, 0.3) is 5.69 Å². The third-order valence-electron chi connectivity index (χ3n) is 2.30. The highest BCUT2D eigenvalue weighted by Gasteiger charge is 2.15. The Labute approximate surface area is 97.5 Å². The van der Waals surface area contributed by atoms with Gasteiger partial charge in [-0.3, -0.25) is 10.1 Å². The van der Waals surface area contributed by atoms with E-state index in [4.69, 9.17) is 0 Å². The number of nitro groups is 1. The number of benzene rings is 1. The standard InChI is InChI=1S/C11H10N4O2/c1-12-11-7-6-9(13-14-11)8-4-2-3-5-10(8)15(16)17/h2-7H,1H3,(H,12,14). The molecule has 0 fully saturated rings. The number of nitrogens with one attached hydrogen (secondary N) is 1. The summed E-state index contributed by atoms with van der Waals surface area (Å²) in [6, 6.07) is 9.87. The molecule has 6 nitrogen and oxygen atoms in total. The summed E-state index contributed by atoms with van der Waals surface area (Å²) in [6.07, 6.45) is 0. The highest BCUT2D eigenvalue weighted by molar-refractivity contribution is 5.70. The van der Waals surface area contributed by atoms with Gasteiger partial charge in [0.05, 0.1) is 16.2 Å². The summed E-state index contributed by atoms with van der Waals surface area (Å²) in [5.41, 5.74) is 0.975. The van der Waals surface area contributed by atoms with Crippen LogP contribution >= 0.6 is 0 Å². The minimum Gasteiger partial charge on any atom is -0.372 e. The van der Waals surface area contributed by atoms with Crippen molar-refractivity contribution < 1.29 is 4.92 Å². The van der Waals surface area contributed by atoms with Crippen LogP contribution in [0.2, 0.25) is 0 Å². The molecule has 0 aliphatic carbocycles. The molecule has 0 unspecified atom stereocenters. The summed E-state index contributed by atoms with van der Waals surface area (Å²) >= 11 is 0. The SMILES string of the molecule is CNc1ccc(-c2ccccc2[N+](=O)[O-])nn1. The molecule has 1 aromatic carbocycles. The van der Waals surface area contributed by atoms with Crippen molar-refractivity contribution in [3.8, 4) is 11.3 Å². The van der Waals surface area contributed by atoms with Crippen LogP contribution < -0.4 is 5.32 Å². The first kappa shape index (κ1) is 11.0. The smallest absolute Gasteiger partial charge is 0.278 e. The van der Waals surface area contributed by atoms with E-state index in [0.717, 1.165) is 0 Å². The van der Waals surface area contributed by atoms with Crippen molar-refractivity contribution in [1.29, 1.82) is 0 Å². The van der Waals surface area contributed by atoms with E-state index in [1.165, 1.54) is 6.07 Å². The number of anilines is 1. The first-order valence-corrected chi connectivity index (χ1v) is 4.97. The molecule has 17 heavy (non-hydrogen) atoms. The summed E-state index contributed by atoms with van der Waals surface area (Å²) in [5, 5.41) is 21.5. The van der Waals surface area contributed by atoms with Crippen LogP contribution in [0.4, 0.5) is 11.5 Å². The Hall–Kier alpha value is -2.50. The number of nitro benzene ring substituents is 1. The number of aromatic nitrogens is 2. The molecule has 0 aliphatic heterocycles. The maximum atomic E-state index is 10.9. The number of hydrogen-bond donors (Lipinski definition) is 1. The van der Waals surface area contributed by atoms with Crippen LogP contribution in [-0.2, 0) is 0 Å². The van der Waals surface area contributed by atoms with E-state index in [1.54, 1.807) is 37.4 Å². The molecule has 2 rings (SSSR count). The van der Waals surface area contributed by atoms with Crippen LogP contribution in [-0.4, -0.2) is 22.2 Å². The number of hydrogen-bond acceptors (Lipinski definition) is 5. The van der Waals surface area contributed by atoms with E-state index in [1.807, 2.05) is 0 Å². The Morgan fingerprint density at radius 2 is 1.94 bits per heavy atom. The molecule has 0 bridgehead atoms. The Kier molecular flexibility index (Phi) is 2.95. The first-order chi connectivity index (χ1) is 8.22. The normalized spacial score (nSPS) is 9.94. The summed E-state index contributed by atoms with van der Waals surface area (Å²) in [4.78, 5) is 10.4. The van der Waals surface area contributed by atoms with Crippen LogP contribution in [0.3, 0.4) is 0 Å². The van der Waals surface area contributed by atoms with Crippen molar-refractivity contribution in [2.24, 2.45) is 0 Å². The van der Waals surface area contributed by atoms with Gasteiger partial charge in [-0.15, -0.1) is 10.2 Å². The molecule has 86 valence electrons. The van der Waals surface area contributed by atoms with Gasteiger partial charge in [0.1, 0.15) is 5.82 Å². The van der Waals surface area contributed by atoms with Crippen LogP contribution in [0, 0.1) is 10.1 Å². The zero-order valence-corrected chi connectivity index (χ0v) is 9.12. The second-order valence-electron chi connectivity index (χ2n) is 3.33. The van der Waals surface area contributed by atoms with Crippen molar-refractivity contribution in [2.45, 2.75) is 0 Å². The molecular formula is C11H10N4O2. The van der Waals surface area contributed by atoms with Gasteiger partial charge in [0, 0.05) is 13.1 Å². The number of rotatable bonds is 3. The van der Waals surface area contributed by atoms with Crippen molar-refractivity contribution >= 4 is 11.5 Å². The van der Waals surface area contributed by atoms with Gasteiger partial charge in [0.2, 0.25) is 0 Å². The van der Waals surface area contributed by atoms with Crippen LogP contribution in [0.5, 0.6) is 0 Å². The lowest BCUT2D eigenvalue weighted by molar-refractivity contribution is -0.384. The van der Waals surface area contributed by atoms with Gasteiger partial charge in [-0.25, -0.2) is 0 Å². The lowest BCUT2D eigenvalue weighted by atomic mass is 10.1. The first-order valence-electron chi connectivity index (χ1n) is 4.97. The molecule has 0 amide bonds. The third kappa shape index (κ3) is 2.20. The molecule has 0 radical (unpaired) electrons. The summed E-state index contributed by atoms with van der Waals surface area (Å²) in [5.74, 6) is 0.618. The van der Waals surface area contributed by atoms with Gasteiger partial charge in [-0.1, -0.05) is 12.1 Å². The van der Waals surface area contributed by atoms with Crippen molar-refractivity contribution in [2.75, 3.05) is 12.4 Å². The number of para-hydroxylation sites is 1. The van der Waals surface area contributed by atoms with E-state index < -0.39 is 4.92 Å². The molecule has 0 saturated carbocycles. The highest BCUT2D eigenvalue weighted by atomic mass is 16.6. The van der Waals surface area contributed by atoms with Crippen LogP contribution in [0.25, 0.3) is 11.3 Å². The molecule has 0 atom stereocenters. The van der Waals surface area contributed by atoms with Gasteiger partial charge in [0.15, 0.2) is 0 Å². The van der Waals surface area contributed by atoms with Gasteiger partial charge in [-0.05, 0) is 18.2 Å². The van der Waals surface area contributed by atoms with E-state index in [9.17, 15) is 10.1 Å². The second kappa shape index (κ2) is 4.56. The average molecular weight is 230 g/mol.